The average Bonchev–Trinajstić information content (AvgIpc) is 2.96. The van der Waals surface area contributed by atoms with Crippen molar-refractivity contribution in [2.45, 2.75) is 18.3 Å². The molecule has 1 amide bonds. The van der Waals surface area contributed by atoms with E-state index in [1.54, 1.807) is 0 Å². The molecule has 2 heterocycles. The summed E-state index contributed by atoms with van der Waals surface area (Å²) in [5.74, 6) is -0.284. The highest BCUT2D eigenvalue weighted by Crippen LogP contribution is 2.40. The Morgan fingerprint density at radius 2 is 1.81 bits per heavy atom. The van der Waals surface area contributed by atoms with E-state index in [-0.39, 0.29) is 11.9 Å². The Hall–Kier alpha value is -1.86. The topological polar surface area (TPSA) is 46.3 Å². The number of hydrogen-bond acceptors (Lipinski definition) is 3. The number of nitrogens with zero attached hydrogens (tertiary/aromatic N) is 1. The van der Waals surface area contributed by atoms with Crippen LogP contribution in [0.2, 0.25) is 0 Å². The van der Waals surface area contributed by atoms with Crippen LogP contribution >= 0.6 is 11.3 Å². The van der Waals surface area contributed by atoms with Crippen molar-refractivity contribution in [1.82, 2.24) is 0 Å². The summed E-state index contributed by atoms with van der Waals surface area (Å²) >= 11 is 1.46. The molecule has 0 bridgehead atoms. The maximum atomic E-state index is 12.6. The molecule has 1 fully saturated rings. The number of carbonyl (C=O) groups is 1. The summed E-state index contributed by atoms with van der Waals surface area (Å²) < 4.78 is 37.7. The highest BCUT2D eigenvalue weighted by atomic mass is 32.1. The normalized spacial score (nSPS) is 22.3. The first-order chi connectivity index (χ1) is 9.89. The number of anilines is 1. The van der Waals surface area contributed by atoms with E-state index in [0.717, 1.165) is 17.0 Å². The number of nitrogens with two attached hydrogens (primary N) is 1. The molecule has 1 aliphatic rings. The summed E-state index contributed by atoms with van der Waals surface area (Å²) in [6.07, 6.45) is -4.39. The van der Waals surface area contributed by atoms with Gasteiger partial charge in [-0.3, -0.25) is 4.79 Å². The van der Waals surface area contributed by atoms with E-state index in [9.17, 15) is 18.0 Å². The number of amides is 1. The Morgan fingerprint density at radius 1 is 1.14 bits per heavy atom. The summed E-state index contributed by atoms with van der Waals surface area (Å²) in [5, 5.41) is 1.87. The molecule has 2 aromatic rings. The van der Waals surface area contributed by atoms with Crippen molar-refractivity contribution < 1.29 is 18.0 Å². The van der Waals surface area contributed by atoms with Crippen LogP contribution < -0.4 is 10.6 Å². The van der Waals surface area contributed by atoms with Gasteiger partial charge in [-0.15, -0.1) is 11.3 Å². The second kappa shape index (κ2) is 4.85. The van der Waals surface area contributed by atoms with E-state index < -0.39 is 17.8 Å². The first kappa shape index (κ1) is 14.1. The quantitative estimate of drug-likeness (QED) is 0.866. The molecule has 1 saturated heterocycles. The van der Waals surface area contributed by atoms with Gasteiger partial charge in [0.15, 0.2) is 0 Å². The SMILES string of the molecule is N[C@@H]1C(=O)N(c2ccc(C(F)(F)F)cc2)[C@H]1c1cccs1. The number of benzene rings is 1. The predicted octanol–water partition coefficient (Wildman–Crippen LogP) is 3.18. The summed E-state index contributed by atoms with van der Waals surface area (Å²) in [4.78, 5) is 14.3. The Kier molecular flexibility index (Phi) is 3.26. The lowest BCUT2D eigenvalue weighted by Crippen LogP contribution is -2.63. The Bertz CT molecular complexity index is 652. The van der Waals surface area contributed by atoms with Crippen molar-refractivity contribution >= 4 is 22.9 Å². The maximum Gasteiger partial charge on any atom is 0.416 e. The standard InChI is InChI=1S/C14H11F3N2OS/c15-14(16,17)8-3-5-9(6-4-8)19-12(11(18)13(19)20)10-2-1-7-21-10/h1-7,11-12H,18H2/t11-,12-/m0/s1. The lowest BCUT2D eigenvalue weighted by atomic mass is 9.93. The maximum absolute atomic E-state index is 12.6. The molecule has 0 aliphatic carbocycles. The van der Waals surface area contributed by atoms with Crippen LogP contribution in [0.5, 0.6) is 0 Å². The van der Waals surface area contributed by atoms with Gasteiger partial charge < -0.3 is 10.6 Å². The second-order valence-corrected chi connectivity index (χ2v) is 5.72. The average molecular weight is 312 g/mol. The molecule has 3 nitrogen and oxygen atoms in total. The number of thiophene rings is 1. The Morgan fingerprint density at radius 3 is 2.33 bits per heavy atom. The summed E-state index contributed by atoms with van der Waals surface area (Å²) in [6, 6.07) is 7.29. The molecular formula is C14H11F3N2OS. The number of carbonyl (C=O) groups excluding carboxylic acids is 1. The van der Waals surface area contributed by atoms with Crippen LogP contribution in [0, 0.1) is 0 Å². The minimum Gasteiger partial charge on any atom is -0.318 e. The van der Waals surface area contributed by atoms with Crippen molar-refractivity contribution in [1.29, 1.82) is 0 Å². The van der Waals surface area contributed by atoms with Gasteiger partial charge in [0.25, 0.3) is 0 Å². The lowest BCUT2D eigenvalue weighted by molar-refractivity contribution is -0.137. The fourth-order valence-electron chi connectivity index (χ4n) is 2.37. The summed E-state index contributed by atoms with van der Waals surface area (Å²) in [7, 11) is 0. The monoisotopic (exact) mass is 312 g/mol. The van der Waals surface area contributed by atoms with E-state index >= 15 is 0 Å². The minimum atomic E-state index is -4.39. The molecule has 0 unspecified atom stereocenters. The first-order valence-corrected chi connectivity index (χ1v) is 7.07. The van der Waals surface area contributed by atoms with Gasteiger partial charge in [-0.2, -0.15) is 13.2 Å². The summed E-state index contributed by atoms with van der Waals surface area (Å²) in [5.41, 5.74) is 5.50. The molecule has 1 aromatic heterocycles. The smallest absolute Gasteiger partial charge is 0.318 e. The molecule has 2 N–H and O–H groups in total. The zero-order valence-electron chi connectivity index (χ0n) is 10.7. The van der Waals surface area contributed by atoms with Crippen LogP contribution in [-0.4, -0.2) is 11.9 Å². The molecule has 1 aliphatic heterocycles. The van der Waals surface area contributed by atoms with E-state index in [1.165, 1.54) is 28.4 Å². The number of β-lactam (4-membered cyclic amide) rings is 1. The van der Waals surface area contributed by atoms with Gasteiger partial charge in [0, 0.05) is 10.6 Å². The number of alkyl halides is 3. The van der Waals surface area contributed by atoms with Crippen LogP contribution in [-0.2, 0) is 11.0 Å². The fraction of sp³-hybridized carbons (Fsp3) is 0.214. The third kappa shape index (κ3) is 2.32. The van der Waals surface area contributed by atoms with Crippen molar-refractivity contribution in [3.63, 3.8) is 0 Å². The van der Waals surface area contributed by atoms with E-state index in [2.05, 4.69) is 0 Å². The van der Waals surface area contributed by atoms with Crippen LogP contribution in [0.15, 0.2) is 41.8 Å². The predicted molar refractivity (Wildman–Crippen MR) is 74.0 cm³/mol. The molecule has 3 rings (SSSR count). The van der Waals surface area contributed by atoms with Crippen LogP contribution in [0.1, 0.15) is 16.5 Å². The molecule has 7 heteroatoms. The van der Waals surface area contributed by atoms with Gasteiger partial charge in [0.1, 0.15) is 6.04 Å². The third-order valence-electron chi connectivity index (χ3n) is 3.45. The largest absolute Gasteiger partial charge is 0.416 e. The number of hydrogen-bond donors (Lipinski definition) is 1. The van der Waals surface area contributed by atoms with Crippen molar-refractivity contribution in [3.05, 3.63) is 52.2 Å². The van der Waals surface area contributed by atoms with Crippen LogP contribution in [0.4, 0.5) is 18.9 Å². The van der Waals surface area contributed by atoms with E-state index in [4.69, 9.17) is 5.73 Å². The third-order valence-corrected chi connectivity index (χ3v) is 4.39. The molecule has 2 atom stereocenters. The fourth-order valence-corrected chi connectivity index (χ4v) is 3.24. The highest BCUT2D eigenvalue weighted by molar-refractivity contribution is 7.10. The minimum absolute atomic E-state index is 0.284. The van der Waals surface area contributed by atoms with Gasteiger partial charge >= 0.3 is 6.18 Å². The van der Waals surface area contributed by atoms with Gasteiger partial charge in [-0.05, 0) is 35.7 Å². The van der Waals surface area contributed by atoms with Crippen molar-refractivity contribution in [2.75, 3.05) is 4.90 Å². The first-order valence-electron chi connectivity index (χ1n) is 6.19. The van der Waals surface area contributed by atoms with Crippen molar-refractivity contribution in [3.8, 4) is 0 Å². The van der Waals surface area contributed by atoms with Gasteiger partial charge in [-0.25, -0.2) is 0 Å². The molecule has 110 valence electrons. The molecule has 1 aromatic carbocycles. The molecule has 0 radical (unpaired) electrons. The number of halogens is 3. The van der Waals surface area contributed by atoms with E-state index in [0.29, 0.717) is 5.69 Å². The molecular weight excluding hydrogens is 301 g/mol. The molecule has 0 spiro atoms. The number of rotatable bonds is 2. The van der Waals surface area contributed by atoms with Gasteiger partial charge in [0.2, 0.25) is 5.91 Å². The highest BCUT2D eigenvalue weighted by Gasteiger charge is 2.47. The molecule has 21 heavy (non-hydrogen) atoms. The molecule has 0 saturated carbocycles. The van der Waals surface area contributed by atoms with Gasteiger partial charge in [0.05, 0.1) is 11.6 Å². The summed E-state index contributed by atoms with van der Waals surface area (Å²) in [6.45, 7) is 0. The second-order valence-electron chi connectivity index (χ2n) is 4.74. The zero-order chi connectivity index (χ0) is 15.2. The Labute approximate surface area is 122 Å². The van der Waals surface area contributed by atoms with Crippen LogP contribution in [0.3, 0.4) is 0 Å². The van der Waals surface area contributed by atoms with Crippen molar-refractivity contribution in [2.24, 2.45) is 5.73 Å². The van der Waals surface area contributed by atoms with Crippen LogP contribution in [0.25, 0.3) is 0 Å². The zero-order valence-corrected chi connectivity index (χ0v) is 11.5. The van der Waals surface area contributed by atoms with Gasteiger partial charge in [-0.1, -0.05) is 6.07 Å². The lowest BCUT2D eigenvalue weighted by Gasteiger charge is -2.44. The van der Waals surface area contributed by atoms with E-state index in [1.807, 2.05) is 17.5 Å². The Balaban J connectivity index is 1.90.